The van der Waals surface area contributed by atoms with Crippen molar-refractivity contribution in [1.29, 1.82) is 5.26 Å². The van der Waals surface area contributed by atoms with Crippen LogP contribution in [-0.4, -0.2) is 18.7 Å². The number of hydrogen-bond acceptors (Lipinski definition) is 4. The first-order chi connectivity index (χ1) is 10.9. The van der Waals surface area contributed by atoms with Crippen molar-refractivity contribution in [2.45, 2.75) is 21.9 Å². The summed E-state index contributed by atoms with van der Waals surface area (Å²) in [6.07, 6.45) is -4.04. The van der Waals surface area contributed by atoms with Gasteiger partial charge in [-0.2, -0.15) is 27.9 Å². The SMILES string of the molecule is Cc1c(SC(F)(Cl)Cl)c(C#N)nn1-c1ncc(C(F)(F)F)cc1Cl. The zero-order valence-electron chi connectivity index (χ0n) is 11.5. The highest BCUT2D eigenvalue weighted by molar-refractivity contribution is 8.03. The molecule has 2 heterocycles. The lowest BCUT2D eigenvalue weighted by Crippen LogP contribution is -2.09. The second kappa shape index (κ2) is 6.59. The van der Waals surface area contributed by atoms with Crippen LogP contribution >= 0.6 is 46.6 Å². The maximum atomic E-state index is 13.4. The number of nitrogens with zero attached hydrogens (tertiary/aromatic N) is 4. The van der Waals surface area contributed by atoms with Gasteiger partial charge in [0.25, 0.3) is 0 Å². The first-order valence-electron chi connectivity index (χ1n) is 5.92. The zero-order valence-corrected chi connectivity index (χ0v) is 14.6. The second-order valence-electron chi connectivity index (χ2n) is 4.36. The fourth-order valence-corrected chi connectivity index (χ4v) is 3.10. The molecule has 0 saturated heterocycles. The largest absolute Gasteiger partial charge is 0.417 e. The Balaban J connectivity index is 2.57. The Kier molecular flexibility index (Phi) is 5.25. The molecule has 128 valence electrons. The monoisotopic (exact) mass is 418 g/mol. The summed E-state index contributed by atoms with van der Waals surface area (Å²) in [7, 11) is 0. The highest BCUT2D eigenvalue weighted by Gasteiger charge is 2.33. The fourth-order valence-electron chi connectivity index (χ4n) is 1.75. The maximum absolute atomic E-state index is 13.4. The first kappa shape index (κ1) is 19.1. The maximum Gasteiger partial charge on any atom is 0.417 e. The summed E-state index contributed by atoms with van der Waals surface area (Å²) < 4.78 is 49.7. The lowest BCUT2D eigenvalue weighted by molar-refractivity contribution is -0.137. The van der Waals surface area contributed by atoms with E-state index in [4.69, 9.17) is 40.1 Å². The van der Waals surface area contributed by atoms with Crippen LogP contribution in [-0.2, 0) is 6.18 Å². The number of hydrogen-bond donors (Lipinski definition) is 0. The van der Waals surface area contributed by atoms with Crippen LogP contribution in [0.25, 0.3) is 5.82 Å². The molecule has 0 aliphatic carbocycles. The molecule has 0 spiro atoms. The van der Waals surface area contributed by atoms with Crippen molar-refractivity contribution in [3.63, 3.8) is 0 Å². The van der Waals surface area contributed by atoms with E-state index < -0.39 is 15.7 Å². The summed E-state index contributed by atoms with van der Waals surface area (Å²) in [5.41, 5.74) is -1.08. The molecule has 2 aromatic rings. The van der Waals surface area contributed by atoms with Gasteiger partial charge >= 0.3 is 10.1 Å². The van der Waals surface area contributed by atoms with Gasteiger partial charge in [0, 0.05) is 6.20 Å². The molecule has 0 aliphatic heterocycles. The van der Waals surface area contributed by atoms with Crippen LogP contribution in [0.5, 0.6) is 0 Å². The molecule has 2 aromatic heterocycles. The Hall–Kier alpha value is -1.21. The molecular formula is C12H5Cl3F4N4S. The number of rotatable bonds is 3. The van der Waals surface area contributed by atoms with E-state index in [9.17, 15) is 17.6 Å². The van der Waals surface area contributed by atoms with Crippen molar-refractivity contribution in [3.05, 3.63) is 34.2 Å². The van der Waals surface area contributed by atoms with Crippen molar-refractivity contribution < 1.29 is 17.6 Å². The van der Waals surface area contributed by atoms with Gasteiger partial charge < -0.3 is 0 Å². The van der Waals surface area contributed by atoms with Crippen molar-refractivity contribution >= 4 is 46.6 Å². The fraction of sp³-hybridized carbons (Fsp3) is 0.250. The zero-order chi connectivity index (χ0) is 18.3. The molecule has 12 heteroatoms. The third-order valence-corrected chi connectivity index (χ3v) is 4.40. The van der Waals surface area contributed by atoms with Gasteiger partial charge in [-0.1, -0.05) is 34.8 Å². The van der Waals surface area contributed by atoms with Crippen molar-refractivity contribution in [3.8, 4) is 11.9 Å². The van der Waals surface area contributed by atoms with Crippen molar-refractivity contribution in [1.82, 2.24) is 14.8 Å². The van der Waals surface area contributed by atoms with Crippen LogP contribution in [0.4, 0.5) is 17.6 Å². The summed E-state index contributed by atoms with van der Waals surface area (Å²) in [4.78, 5) is 3.65. The average molecular weight is 420 g/mol. The summed E-state index contributed by atoms with van der Waals surface area (Å²) in [5.74, 6) is -0.154. The van der Waals surface area contributed by atoms with E-state index in [0.717, 1.165) is 4.68 Å². The molecule has 0 aromatic carbocycles. The molecule has 24 heavy (non-hydrogen) atoms. The van der Waals surface area contributed by atoms with Gasteiger partial charge in [0.1, 0.15) is 6.07 Å². The van der Waals surface area contributed by atoms with Gasteiger partial charge in [0.05, 0.1) is 21.2 Å². The minimum Gasteiger partial charge on any atom is -0.235 e. The summed E-state index contributed by atoms with van der Waals surface area (Å²) in [5, 5.41) is 12.6. The minimum absolute atomic E-state index is 0.0164. The summed E-state index contributed by atoms with van der Waals surface area (Å²) in [6.45, 7) is 1.44. The molecule has 0 fully saturated rings. The standard InChI is InChI=1S/C12H5Cl3F4N4S/c1-5-9(24-12(14,15)19)8(3-20)22-23(5)10-7(13)2-6(4-21-10)11(16,17)18/h2,4H,1H3. The van der Waals surface area contributed by atoms with Crippen LogP contribution in [0.2, 0.25) is 5.02 Å². The lowest BCUT2D eigenvalue weighted by Gasteiger charge is -2.11. The molecule has 0 N–H and O–H groups in total. The molecule has 0 unspecified atom stereocenters. The third kappa shape index (κ3) is 4.06. The molecule has 0 aliphatic rings. The molecule has 0 saturated carbocycles. The van der Waals surface area contributed by atoms with E-state index in [1.54, 1.807) is 6.07 Å². The van der Waals surface area contributed by atoms with Crippen LogP contribution in [0.1, 0.15) is 17.0 Å². The van der Waals surface area contributed by atoms with Gasteiger partial charge in [-0.15, -0.1) is 0 Å². The smallest absolute Gasteiger partial charge is 0.235 e. The number of nitriles is 1. The van der Waals surface area contributed by atoms with E-state index in [1.807, 2.05) is 0 Å². The summed E-state index contributed by atoms with van der Waals surface area (Å²) in [6, 6.07) is 2.39. The normalized spacial score (nSPS) is 12.3. The van der Waals surface area contributed by atoms with E-state index in [1.165, 1.54) is 6.92 Å². The van der Waals surface area contributed by atoms with Crippen molar-refractivity contribution in [2.75, 3.05) is 0 Å². The van der Waals surface area contributed by atoms with Crippen LogP contribution in [0.15, 0.2) is 17.2 Å². The minimum atomic E-state index is -4.61. The Morgan fingerprint density at radius 3 is 2.38 bits per heavy atom. The number of aromatic nitrogens is 3. The van der Waals surface area contributed by atoms with Crippen molar-refractivity contribution in [2.24, 2.45) is 0 Å². The molecule has 0 radical (unpaired) electrons. The quantitative estimate of drug-likeness (QED) is 0.386. The van der Waals surface area contributed by atoms with E-state index in [2.05, 4.69) is 10.1 Å². The molecule has 0 amide bonds. The predicted octanol–water partition coefficient (Wildman–Crippen LogP) is 5.27. The number of halogens is 7. The Morgan fingerprint density at radius 2 is 1.92 bits per heavy atom. The van der Waals surface area contributed by atoms with Crippen LogP contribution in [0.3, 0.4) is 0 Å². The van der Waals surface area contributed by atoms with E-state index >= 15 is 0 Å². The van der Waals surface area contributed by atoms with Gasteiger partial charge in [-0.3, -0.25) is 0 Å². The molecule has 0 atom stereocenters. The highest BCUT2D eigenvalue weighted by atomic mass is 35.5. The number of thioether (sulfide) groups is 1. The van der Waals surface area contributed by atoms with Crippen LogP contribution < -0.4 is 0 Å². The van der Waals surface area contributed by atoms with Gasteiger partial charge in [0.15, 0.2) is 11.5 Å². The Morgan fingerprint density at radius 1 is 1.29 bits per heavy atom. The second-order valence-corrected chi connectivity index (χ2v) is 7.63. The van der Waals surface area contributed by atoms with Gasteiger partial charge in [-0.25, -0.2) is 9.67 Å². The molecular weight excluding hydrogens is 415 g/mol. The highest BCUT2D eigenvalue weighted by Crippen LogP contribution is 2.44. The summed E-state index contributed by atoms with van der Waals surface area (Å²) >= 11 is 16.7. The third-order valence-electron chi connectivity index (χ3n) is 2.73. The van der Waals surface area contributed by atoms with Gasteiger partial charge in [0.2, 0.25) is 0 Å². The Labute approximate surface area is 152 Å². The van der Waals surface area contributed by atoms with E-state index in [0.29, 0.717) is 24.0 Å². The number of pyridine rings is 1. The topological polar surface area (TPSA) is 54.5 Å². The number of alkyl halides is 6. The Bertz CT molecular complexity index is 823. The molecule has 0 bridgehead atoms. The van der Waals surface area contributed by atoms with Gasteiger partial charge in [-0.05, 0) is 24.8 Å². The van der Waals surface area contributed by atoms with Crippen LogP contribution in [0, 0.1) is 18.3 Å². The average Bonchev–Trinajstić information content (AvgIpc) is 2.73. The first-order valence-corrected chi connectivity index (χ1v) is 7.87. The predicted molar refractivity (Wildman–Crippen MR) is 82.2 cm³/mol. The van der Waals surface area contributed by atoms with E-state index in [-0.39, 0.29) is 27.1 Å². The molecule has 2 rings (SSSR count). The molecule has 4 nitrogen and oxygen atoms in total. The lowest BCUT2D eigenvalue weighted by atomic mass is 10.3.